The Hall–Kier alpha value is -2.95. The fraction of sp³-hybridized carbons (Fsp3) is 0.286. The molecule has 0 aliphatic carbocycles. The minimum absolute atomic E-state index is 0.195. The van der Waals surface area contributed by atoms with Gasteiger partial charge in [-0.1, -0.05) is 23.4 Å². The molecule has 0 N–H and O–H groups in total. The van der Waals surface area contributed by atoms with Gasteiger partial charge in [-0.2, -0.15) is 5.10 Å². The van der Waals surface area contributed by atoms with Crippen molar-refractivity contribution in [2.75, 3.05) is 7.11 Å². The van der Waals surface area contributed by atoms with Crippen molar-refractivity contribution in [1.82, 2.24) is 9.61 Å². The molecule has 0 bridgehead atoms. The van der Waals surface area contributed by atoms with Crippen LogP contribution in [0.4, 0.5) is 0 Å². The van der Waals surface area contributed by atoms with E-state index in [1.807, 2.05) is 29.9 Å². The maximum Gasteiger partial charge on any atom is 0.106 e. The van der Waals surface area contributed by atoms with Gasteiger partial charge >= 0.3 is 0 Å². The number of fused-ring (bicyclic) bond motifs is 2. The molecule has 0 atom stereocenters. The van der Waals surface area contributed by atoms with Crippen LogP contribution in [0.1, 0.15) is 43.0 Å². The number of hydrogen-bond acceptors (Lipinski definition) is 4. The van der Waals surface area contributed by atoms with Gasteiger partial charge in [0.2, 0.25) is 0 Å². The molecule has 5 nitrogen and oxygen atoms in total. The Balaban J connectivity index is 1.92. The molecule has 1 aliphatic rings. The van der Waals surface area contributed by atoms with Gasteiger partial charge in [0.15, 0.2) is 0 Å². The average molecular weight is 346 g/mol. The lowest BCUT2D eigenvalue weighted by atomic mass is 9.82. The summed E-state index contributed by atoms with van der Waals surface area (Å²) in [5, 5.41) is 8.66. The van der Waals surface area contributed by atoms with Crippen molar-refractivity contribution in [3.63, 3.8) is 0 Å². The monoisotopic (exact) mass is 346 g/mol. The summed E-state index contributed by atoms with van der Waals surface area (Å²) in [6, 6.07) is 12.5. The third kappa shape index (κ3) is 2.79. The van der Waals surface area contributed by atoms with Gasteiger partial charge in [0.1, 0.15) is 7.11 Å². The topological polar surface area (TPSA) is 51.2 Å². The summed E-state index contributed by atoms with van der Waals surface area (Å²) >= 11 is 0. The maximum atomic E-state index is 5.06. The van der Waals surface area contributed by atoms with Crippen LogP contribution in [0.25, 0.3) is 5.52 Å². The Bertz CT molecular complexity index is 1040. The van der Waals surface area contributed by atoms with Crippen LogP contribution in [0.15, 0.2) is 58.9 Å². The molecule has 0 fully saturated rings. The molecule has 0 spiro atoms. The minimum atomic E-state index is -0.195. The number of oxime groups is 1. The third-order valence-corrected chi connectivity index (χ3v) is 4.73. The van der Waals surface area contributed by atoms with E-state index in [2.05, 4.69) is 54.4 Å². The van der Waals surface area contributed by atoms with Crippen molar-refractivity contribution in [2.45, 2.75) is 32.7 Å². The molecule has 26 heavy (non-hydrogen) atoms. The molecule has 0 unspecified atom stereocenters. The smallest absolute Gasteiger partial charge is 0.106 e. The molecule has 0 radical (unpaired) electrons. The van der Waals surface area contributed by atoms with Crippen LogP contribution in [0.2, 0.25) is 0 Å². The largest absolute Gasteiger partial charge is 0.399 e. The summed E-state index contributed by atoms with van der Waals surface area (Å²) in [6.07, 6.45) is 4.70. The van der Waals surface area contributed by atoms with E-state index in [4.69, 9.17) is 9.83 Å². The van der Waals surface area contributed by atoms with Crippen LogP contribution < -0.4 is 0 Å². The van der Waals surface area contributed by atoms with Crippen LogP contribution in [0.3, 0.4) is 0 Å². The summed E-state index contributed by atoms with van der Waals surface area (Å²) < 4.78 is 1.87. The number of aromatic nitrogens is 2. The first-order valence-electron chi connectivity index (χ1n) is 8.72. The molecule has 3 aromatic rings. The Labute approximate surface area is 153 Å². The van der Waals surface area contributed by atoms with Gasteiger partial charge in [-0.05, 0) is 51.0 Å². The van der Waals surface area contributed by atoms with Crippen LogP contribution >= 0.6 is 0 Å². The van der Waals surface area contributed by atoms with Crippen molar-refractivity contribution in [3.8, 4) is 0 Å². The van der Waals surface area contributed by atoms with Crippen molar-refractivity contribution in [3.05, 3.63) is 71.0 Å². The zero-order valence-corrected chi connectivity index (χ0v) is 15.5. The van der Waals surface area contributed by atoms with Crippen LogP contribution in [-0.2, 0) is 11.3 Å². The molecular formula is C21H22N4O. The highest BCUT2D eigenvalue weighted by atomic mass is 16.6. The first kappa shape index (κ1) is 16.5. The van der Waals surface area contributed by atoms with Crippen molar-refractivity contribution >= 4 is 16.9 Å². The van der Waals surface area contributed by atoms with E-state index in [9.17, 15) is 0 Å². The summed E-state index contributed by atoms with van der Waals surface area (Å²) in [5.74, 6) is 0. The lowest BCUT2D eigenvalue weighted by Gasteiger charge is -2.30. The predicted molar refractivity (Wildman–Crippen MR) is 104 cm³/mol. The molecule has 3 heterocycles. The van der Waals surface area contributed by atoms with Gasteiger partial charge in [-0.15, -0.1) is 0 Å². The second-order valence-corrected chi connectivity index (χ2v) is 7.26. The summed E-state index contributed by atoms with van der Waals surface area (Å²) in [5.41, 5.74) is 7.27. The Morgan fingerprint density at radius 2 is 2.08 bits per heavy atom. The molecule has 132 valence electrons. The molecule has 1 aliphatic heterocycles. The number of aliphatic imine (C=N–C) groups is 1. The first-order valence-corrected chi connectivity index (χ1v) is 8.72. The Morgan fingerprint density at radius 1 is 1.23 bits per heavy atom. The van der Waals surface area contributed by atoms with Gasteiger partial charge < -0.3 is 4.84 Å². The van der Waals surface area contributed by atoms with Crippen LogP contribution in [0, 0.1) is 0 Å². The SMILES string of the molecule is CO/N=C(\C)c1cccc2c1CC(C)(C)N=C2c1cnn2cccc2c1. The van der Waals surface area contributed by atoms with E-state index in [-0.39, 0.29) is 5.54 Å². The lowest BCUT2D eigenvalue weighted by molar-refractivity contribution is 0.213. The van der Waals surface area contributed by atoms with Crippen molar-refractivity contribution < 1.29 is 4.84 Å². The number of nitrogens with zero attached hydrogens (tertiary/aromatic N) is 4. The standard InChI is InChI=1S/C21H22N4O/c1-14(24-26-4)17-8-5-9-18-19(17)12-21(2,3)23-20(18)15-11-16-7-6-10-25(16)22-13-15/h5-11,13H,12H2,1-4H3/b24-14+. The van der Waals surface area contributed by atoms with Gasteiger partial charge in [0.25, 0.3) is 0 Å². The minimum Gasteiger partial charge on any atom is -0.399 e. The molecule has 2 aromatic heterocycles. The Kier molecular flexibility index (Phi) is 3.87. The summed E-state index contributed by atoms with van der Waals surface area (Å²) in [7, 11) is 1.58. The highest BCUT2D eigenvalue weighted by Crippen LogP contribution is 2.32. The second-order valence-electron chi connectivity index (χ2n) is 7.26. The normalized spacial score (nSPS) is 16.3. The van der Waals surface area contributed by atoms with E-state index in [1.165, 1.54) is 5.56 Å². The zero-order valence-electron chi connectivity index (χ0n) is 15.5. The van der Waals surface area contributed by atoms with Gasteiger partial charge in [0, 0.05) is 22.9 Å². The van der Waals surface area contributed by atoms with Gasteiger partial charge in [-0.25, -0.2) is 4.52 Å². The molecule has 5 heteroatoms. The van der Waals surface area contributed by atoms with Crippen LogP contribution in [0.5, 0.6) is 0 Å². The van der Waals surface area contributed by atoms with Crippen LogP contribution in [-0.4, -0.2) is 33.7 Å². The lowest BCUT2D eigenvalue weighted by Crippen LogP contribution is -2.31. The molecule has 0 saturated carbocycles. The first-order chi connectivity index (χ1) is 12.5. The quantitative estimate of drug-likeness (QED) is 0.534. The number of benzene rings is 1. The average Bonchev–Trinajstić information content (AvgIpc) is 3.07. The second kappa shape index (κ2) is 6.09. The van der Waals surface area contributed by atoms with E-state index >= 15 is 0 Å². The fourth-order valence-electron chi connectivity index (χ4n) is 3.63. The Morgan fingerprint density at radius 3 is 2.88 bits per heavy atom. The highest BCUT2D eigenvalue weighted by Gasteiger charge is 2.30. The molecule has 4 rings (SSSR count). The van der Waals surface area contributed by atoms with Gasteiger partial charge in [0.05, 0.1) is 28.7 Å². The highest BCUT2D eigenvalue weighted by molar-refractivity contribution is 6.16. The third-order valence-electron chi connectivity index (χ3n) is 4.73. The van der Waals surface area contributed by atoms with E-state index in [0.29, 0.717) is 0 Å². The molecular weight excluding hydrogens is 324 g/mol. The summed E-state index contributed by atoms with van der Waals surface area (Å²) in [4.78, 5) is 10.1. The maximum absolute atomic E-state index is 5.06. The van der Waals surface area contributed by atoms with E-state index < -0.39 is 0 Å². The van der Waals surface area contributed by atoms with Crippen molar-refractivity contribution in [2.24, 2.45) is 10.1 Å². The predicted octanol–water partition coefficient (Wildman–Crippen LogP) is 3.88. The van der Waals surface area contributed by atoms with E-state index in [1.54, 1.807) is 7.11 Å². The molecule has 0 amide bonds. The molecule has 1 aromatic carbocycles. The van der Waals surface area contributed by atoms with Crippen molar-refractivity contribution in [1.29, 1.82) is 0 Å². The summed E-state index contributed by atoms with van der Waals surface area (Å²) in [6.45, 7) is 6.31. The fourth-order valence-corrected chi connectivity index (χ4v) is 3.63. The number of hydrogen-bond donors (Lipinski definition) is 0. The van der Waals surface area contributed by atoms with Gasteiger partial charge in [-0.3, -0.25) is 4.99 Å². The van der Waals surface area contributed by atoms with E-state index in [0.717, 1.165) is 40.1 Å². The zero-order chi connectivity index (χ0) is 18.3. The number of rotatable bonds is 3. The molecule has 0 saturated heterocycles.